The molecule has 1 unspecified atom stereocenters. The second-order valence-electron chi connectivity index (χ2n) is 3.99. The van der Waals surface area contributed by atoms with Crippen molar-refractivity contribution in [1.82, 2.24) is 25.5 Å². The molecular formula is C12H15N5OS. The summed E-state index contributed by atoms with van der Waals surface area (Å²) in [5, 5.41) is 14.8. The van der Waals surface area contributed by atoms with Crippen LogP contribution in [-0.2, 0) is 4.79 Å². The molecule has 1 N–H and O–H groups in total. The molecule has 1 amide bonds. The zero-order valence-corrected chi connectivity index (χ0v) is 11.4. The van der Waals surface area contributed by atoms with E-state index in [1.54, 1.807) is 6.92 Å². The van der Waals surface area contributed by atoms with E-state index in [4.69, 9.17) is 0 Å². The van der Waals surface area contributed by atoms with Crippen molar-refractivity contribution in [3.8, 4) is 11.4 Å². The third-order valence-corrected chi connectivity index (χ3v) is 2.82. The van der Waals surface area contributed by atoms with Crippen molar-refractivity contribution in [2.24, 2.45) is 0 Å². The predicted octanol–water partition coefficient (Wildman–Crippen LogP) is 0.947. The molecule has 0 aliphatic rings. The summed E-state index contributed by atoms with van der Waals surface area (Å²) in [4.78, 5) is 13.1. The van der Waals surface area contributed by atoms with Crippen molar-refractivity contribution in [2.75, 3.05) is 12.3 Å². The molecule has 0 saturated carbocycles. The molecule has 0 spiro atoms. The minimum absolute atomic E-state index is 0.147. The van der Waals surface area contributed by atoms with E-state index >= 15 is 0 Å². The molecule has 100 valence electrons. The molecule has 1 aromatic carbocycles. The highest BCUT2D eigenvalue weighted by atomic mass is 32.1. The fourth-order valence-corrected chi connectivity index (χ4v) is 1.64. The molecule has 0 bridgehead atoms. The Morgan fingerprint density at radius 2 is 2.16 bits per heavy atom. The highest BCUT2D eigenvalue weighted by Gasteiger charge is 2.17. The summed E-state index contributed by atoms with van der Waals surface area (Å²) in [5.74, 6) is 0.957. The van der Waals surface area contributed by atoms with E-state index in [-0.39, 0.29) is 5.91 Å². The Kier molecular flexibility index (Phi) is 4.51. The van der Waals surface area contributed by atoms with Gasteiger partial charge in [-0.2, -0.15) is 17.4 Å². The topological polar surface area (TPSA) is 72.7 Å². The lowest BCUT2D eigenvalue weighted by molar-refractivity contribution is -0.124. The number of nitrogens with zero attached hydrogens (tertiary/aromatic N) is 4. The van der Waals surface area contributed by atoms with E-state index in [0.717, 1.165) is 5.56 Å². The van der Waals surface area contributed by atoms with Crippen LogP contribution in [0.5, 0.6) is 0 Å². The van der Waals surface area contributed by atoms with Gasteiger partial charge in [-0.15, -0.1) is 10.2 Å². The minimum Gasteiger partial charge on any atom is -0.353 e. The summed E-state index contributed by atoms with van der Waals surface area (Å²) >= 11 is 4.04. The summed E-state index contributed by atoms with van der Waals surface area (Å²) in [7, 11) is 0. The lowest BCUT2D eigenvalue weighted by Crippen LogP contribution is -2.33. The van der Waals surface area contributed by atoms with Gasteiger partial charge in [0.15, 0.2) is 0 Å². The van der Waals surface area contributed by atoms with Crippen molar-refractivity contribution in [1.29, 1.82) is 0 Å². The van der Waals surface area contributed by atoms with Crippen molar-refractivity contribution >= 4 is 18.5 Å². The van der Waals surface area contributed by atoms with Crippen LogP contribution in [0.15, 0.2) is 30.3 Å². The van der Waals surface area contributed by atoms with Crippen molar-refractivity contribution in [3.05, 3.63) is 30.3 Å². The first-order chi connectivity index (χ1) is 9.22. The van der Waals surface area contributed by atoms with Crippen molar-refractivity contribution in [3.63, 3.8) is 0 Å². The molecule has 0 radical (unpaired) electrons. The summed E-state index contributed by atoms with van der Waals surface area (Å²) in [6, 6.07) is 9.02. The van der Waals surface area contributed by atoms with Gasteiger partial charge in [-0.1, -0.05) is 30.3 Å². The number of thiol groups is 1. The largest absolute Gasteiger partial charge is 0.353 e. The molecule has 0 saturated heterocycles. The molecular weight excluding hydrogens is 262 g/mol. The van der Waals surface area contributed by atoms with Gasteiger partial charge < -0.3 is 5.32 Å². The maximum atomic E-state index is 11.8. The number of hydrogen-bond acceptors (Lipinski definition) is 5. The Morgan fingerprint density at radius 3 is 2.84 bits per heavy atom. The zero-order valence-electron chi connectivity index (χ0n) is 10.5. The Hall–Kier alpha value is -1.89. The van der Waals surface area contributed by atoms with Crippen molar-refractivity contribution in [2.45, 2.75) is 13.0 Å². The number of benzene rings is 1. The van der Waals surface area contributed by atoms with E-state index < -0.39 is 6.04 Å². The monoisotopic (exact) mass is 277 g/mol. The standard InChI is InChI=1S/C12H15N5OS/c1-9(12(18)13-7-8-19)17-15-11(14-16-17)10-5-3-2-4-6-10/h2-6,9,19H,7-8H2,1H3,(H,13,18). The number of amides is 1. The minimum atomic E-state index is -0.496. The lowest BCUT2D eigenvalue weighted by atomic mass is 10.2. The molecule has 0 aliphatic carbocycles. The second-order valence-corrected chi connectivity index (χ2v) is 4.44. The Bertz CT molecular complexity index is 542. The quantitative estimate of drug-likeness (QED) is 0.798. The second kappa shape index (κ2) is 6.33. The van der Waals surface area contributed by atoms with Crippen LogP contribution in [0.4, 0.5) is 0 Å². The van der Waals surface area contributed by atoms with Gasteiger partial charge in [0, 0.05) is 17.9 Å². The summed E-state index contributed by atoms with van der Waals surface area (Å²) < 4.78 is 0. The maximum absolute atomic E-state index is 11.8. The summed E-state index contributed by atoms with van der Waals surface area (Å²) in [5.41, 5.74) is 0.872. The van der Waals surface area contributed by atoms with Gasteiger partial charge in [0.2, 0.25) is 11.7 Å². The Balaban J connectivity index is 2.11. The van der Waals surface area contributed by atoms with E-state index in [2.05, 4.69) is 33.4 Å². The molecule has 1 atom stereocenters. The van der Waals surface area contributed by atoms with Gasteiger partial charge >= 0.3 is 0 Å². The molecule has 19 heavy (non-hydrogen) atoms. The third-order valence-electron chi connectivity index (χ3n) is 2.60. The van der Waals surface area contributed by atoms with Crippen LogP contribution in [0.2, 0.25) is 0 Å². The highest BCUT2D eigenvalue weighted by molar-refractivity contribution is 7.80. The summed E-state index contributed by atoms with van der Waals surface area (Å²) in [6.45, 7) is 2.25. The zero-order chi connectivity index (χ0) is 13.7. The number of carbonyl (C=O) groups is 1. The fourth-order valence-electron chi connectivity index (χ4n) is 1.52. The van der Waals surface area contributed by atoms with E-state index in [9.17, 15) is 4.79 Å². The molecule has 6 nitrogen and oxygen atoms in total. The van der Waals surface area contributed by atoms with Crippen LogP contribution in [0, 0.1) is 0 Å². The first-order valence-electron chi connectivity index (χ1n) is 5.96. The van der Waals surface area contributed by atoms with Gasteiger partial charge in [0.25, 0.3) is 0 Å². The van der Waals surface area contributed by atoms with Gasteiger partial charge in [-0.3, -0.25) is 4.79 Å². The normalized spacial score (nSPS) is 12.1. The predicted molar refractivity (Wildman–Crippen MR) is 74.8 cm³/mol. The van der Waals surface area contributed by atoms with Gasteiger partial charge in [-0.05, 0) is 12.1 Å². The molecule has 1 heterocycles. The van der Waals surface area contributed by atoms with Crippen LogP contribution in [0.1, 0.15) is 13.0 Å². The van der Waals surface area contributed by atoms with E-state index in [1.807, 2.05) is 30.3 Å². The highest BCUT2D eigenvalue weighted by Crippen LogP contribution is 2.13. The van der Waals surface area contributed by atoms with E-state index in [0.29, 0.717) is 18.1 Å². The SMILES string of the molecule is CC(C(=O)NCCS)n1nnc(-c2ccccc2)n1. The van der Waals surface area contributed by atoms with Gasteiger partial charge in [-0.25, -0.2) is 0 Å². The third kappa shape index (κ3) is 3.31. The maximum Gasteiger partial charge on any atom is 0.246 e. The average molecular weight is 277 g/mol. The smallest absolute Gasteiger partial charge is 0.246 e. The van der Waals surface area contributed by atoms with Crippen molar-refractivity contribution < 1.29 is 4.79 Å². The van der Waals surface area contributed by atoms with Gasteiger partial charge in [0.1, 0.15) is 6.04 Å². The number of carbonyl (C=O) groups excluding carboxylic acids is 1. The number of rotatable bonds is 5. The van der Waals surface area contributed by atoms with E-state index in [1.165, 1.54) is 4.80 Å². The van der Waals surface area contributed by atoms with Crippen LogP contribution < -0.4 is 5.32 Å². The van der Waals surface area contributed by atoms with Crippen LogP contribution in [0.25, 0.3) is 11.4 Å². The number of aromatic nitrogens is 4. The fraction of sp³-hybridized carbons (Fsp3) is 0.333. The van der Waals surface area contributed by atoms with Gasteiger partial charge in [0.05, 0.1) is 0 Å². The average Bonchev–Trinajstić information content (AvgIpc) is 2.94. The molecule has 0 aliphatic heterocycles. The first-order valence-corrected chi connectivity index (χ1v) is 6.59. The van der Waals surface area contributed by atoms with Crippen LogP contribution in [0.3, 0.4) is 0 Å². The number of hydrogen-bond donors (Lipinski definition) is 2. The molecule has 1 aromatic heterocycles. The molecule has 7 heteroatoms. The molecule has 2 rings (SSSR count). The molecule has 0 fully saturated rings. The molecule has 2 aromatic rings. The lowest BCUT2D eigenvalue weighted by Gasteiger charge is -2.09. The number of nitrogens with one attached hydrogen (secondary N) is 1. The first kappa shape index (κ1) is 13.5. The number of tetrazole rings is 1. The summed E-state index contributed by atoms with van der Waals surface area (Å²) in [6.07, 6.45) is 0. The Labute approximate surface area is 116 Å². The van der Waals surface area contributed by atoms with Crippen LogP contribution in [-0.4, -0.2) is 38.4 Å². The Morgan fingerprint density at radius 1 is 1.42 bits per heavy atom. The van der Waals surface area contributed by atoms with Crippen LogP contribution >= 0.6 is 12.6 Å².